The molecule has 2 heterocycles. The lowest BCUT2D eigenvalue weighted by atomic mass is 10.0. The highest BCUT2D eigenvalue weighted by atomic mass is 16.1. The molecule has 0 atom stereocenters. The first-order chi connectivity index (χ1) is 12.7. The van der Waals surface area contributed by atoms with E-state index in [0.717, 1.165) is 17.3 Å². The van der Waals surface area contributed by atoms with Crippen molar-refractivity contribution in [2.75, 3.05) is 6.54 Å². The zero-order valence-corrected chi connectivity index (χ0v) is 15.2. The van der Waals surface area contributed by atoms with Crippen molar-refractivity contribution in [1.29, 1.82) is 0 Å². The quantitative estimate of drug-likeness (QED) is 0.693. The molecule has 0 aliphatic heterocycles. The number of fused-ring (bicyclic) bond motifs is 1. The van der Waals surface area contributed by atoms with Gasteiger partial charge in [-0.05, 0) is 18.9 Å². The van der Waals surface area contributed by atoms with Gasteiger partial charge in [-0.15, -0.1) is 0 Å². The first-order valence-electron chi connectivity index (χ1n) is 9.40. The highest BCUT2D eigenvalue weighted by molar-refractivity contribution is 5.80. The Labute approximate surface area is 152 Å². The van der Waals surface area contributed by atoms with Crippen LogP contribution in [0.2, 0.25) is 0 Å². The molecule has 6 nitrogen and oxygen atoms in total. The minimum Gasteiger partial charge on any atom is -0.311 e. The number of nitrogens with zero attached hydrogens (tertiary/aromatic N) is 4. The van der Waals surface area contributed by atoms with Gasteiger partial charge in [-0.1, -0.05) is 31.0 Å². The Balaban J connectivity index is 1.39. The Hall–Kier alpha value is -2.47. The van der Waals surface area contributed by atoms with E-state index in [1.807, 2.05) is 36.0 Å². The summed E-state index contributed by atoms with van der Waals surface area (Å²) in [7, 11) is 1.99. The van der Waals surface area contributed by atoms with E-state index in [1.165, 1.54) is 41.6 Å². The Bertz CT molecular complexity index is 952. The smallest absolute Gasteiger partial charge is 0.274 e. The molecule has 2 aromatic heterocycles. The van der Waals surface area contributed by atoms with Crippen molar-refractivity contribution in [3.8, 4) is 0 Å². The van der Waals surface area contributed by atoms with Crippen LogP contribution in [0.4, 0.5) is 0 Å². The topological polar surface area (TPSA) is 64.7 Å². The average molecular weight is 351 g/mol. The molecule has 1 aromatic carbocycles. The predicted molar refractivity (Wildman–Crippen MR) is 102 cm³/mol. The largest absolute Gasteiger partial charge is 0.311 e. The Morgan fingerprint density at radius 2 is 2.04 bits per heavy atom. The molecule has 0 radical (unpaired) electrons. The van der Waals surface area contributed by atoms with Gasteiger partial charge in [0.1, 0.15) is 0 Å². The van der Waals surface area contributed by atoms with E-state index in [9.17, 15) is 4.79 Å². The van der Waals surface area contributed by atoms with Crippen LogP contribution in [-0.2, 0) is 20.1 Å². The fraction of sp³-hybridized carbons (Fsp3) is 0.450. The summed E-state index contributed by atoms with van der Waals surface area (Å²) in [6, 6.07) is 7.58. The van der Waals surface area contributed by atoms with Crippen LogP contribution >= 0.6 is 0 Å². The first kappa shape index (κ1) is 17.0. The standard InChI is InChI=1S/C20H25N5O/c1-24-14-17(19(23-24)15-6-2-3-7-15)12-21-10-11-25-20(26)18-9-5-4-8-16(18)13-22-25/h4-5,8-9,13-15,21H,2-3,6-7,10-12H2,1H3. The van der Waals surface area contributed by atoms with Gasteiger partial charge in [0.05, 0.1) is 23.8 Å². The highest BCUT2D eigenvalue weighted by Gasteiger charge is 2.22. The van der Waals surface area contributed by atoms with Gasteiger partial charge >= 0.3 is 0 Å². The molecule has 26 heavy (non-hydrogen) atoms. The third-order valence-corrected chi connectivity index (χ3v) is 5.26. The van der Waals surface area contributed by atoms with Crippen LogP contribution in [0.25, 0.3) is 10.8 Å². The summed E-state index contributed by atoms with van der Waals surface area (Å²) in [5.74, 6) is 0.609. The molecule has 0 saturated heterocycles. The van der Waals surface area contributed by atoms with E-state index in [0.29, 0.717) is 19.0 Å². The van der Waals surface area contributed by atoms with Crippen molar-refractivity contribution in [1.82, 2.24) is 24.9 Å². The summed E-state index contributed by atoms with van der Waals surface area (Å²) in [5.41, 5.74) is 2.50. The molecule has 0 bridgehead atoms. The predicted octanol–water partition coefficient (Wildman–Crippen LogP) is 2.58. The molecular weight excluding hydrogens is 326 g/mol. The summed E-state index contributed by atoms with van der Waals surface area (Å²) >= 11 is 0. The zero-order valence-electron chi connectivity index (χ0n) is 15.2. The molecule has 1 saturated carbocycles. The van der Waals surface area contributed by atoms with Crippen LogP contribution in [0.3, 0.4) is 0 Å². The molecule has 136 valence electrons. The van der Waals surface area contributed by atoms with E-state index < -0.39 is 0 Å². The lowest BCUT2D eigenvalue weighted by Crippen LogP contribution is -2.28. The van der Waals surface area contributed by atoms with Crippen LogP contribution < -0.4 is 10.9 Å². The van der Waals surface area contributed by atoms with Crippen LogP contribution in [0.5, 0.6) is 0 Å². The number of nitrogens with one attached hydrogen (secondary N) is 1. The number of benzene rings is 1. The van der Waals surface area contributed by atoms with Crippen molar-refractivity contribution in [2.24, 2.45) is 7.05 Å². The average Bonchev–Trinajstić information content (AvgIpc) is 3.30. The van der Waals surface area contributed by atoms with Crippen LogP contribution in [-0.4, -0.2) is 26.1 Å². The third-order valence-electron chi connectivity index (χ3n) is 5.26. The van der Waals surface area contributed by atoms with Gasteiger partial charge in [-0.2, -0.15) is 10.2 Å². The molecule has 1 N–H and O–H groups in total. The molecule has 1 aliphatic rings. The van der Waals surface area contributed by atoms with Crippen molar-refractivity contribution in [3.63, 3.8) is 0 Å². The van der Waals surface area contributed by atoms with Gasteiger partial charge in [-0.25, -0.2) is 4.68 Å². The van der Waals surface area contributed by atoms with E-state index in [-0.39, 0.29) is 5.56 Å². The fourth-order valence-electron chi connectivity index (χ4n) is 3.93. The first-order valence-corrected chi connectivity index (χ1v) is 9.40. The summed E-state index contributed by atoms with van der Waals surface area (Å²) in [4.78, 5) is 12.5. The molecule has 1 fully saturated rings. The van der Waals surface area contributed by atoms with Crippen molar-refractivity contribution in [2.45, 2.75) is 44.7 Å². The van der Waals surface area contributed by atoms with Crippen molar-refractivity contribution in [3.05, 3.63) is 58.3 Å². The molecule has 1 aliphatic carbocycles. The maximum Gasteiger partial charge on any atom is 0.274 e. The van der Waals surface area contributed by atoms with Gasteiger partial charge in [-0.3, -0.25) is 9.48 Å². The number of rotatable bonds is 6. The fourth-order valence-corrected chi connectivity index (χ4v) is 3.93. The van der Waals surface area contributed by atoms with Crippen LogP contribution in [0, 0.1) is 0 Å². The van der Waals surface area contributed by atoms with Crippen LogP contribution in [0.15, 0.2) is 41.5 Å². The molecule has 3 aromatic rings. The summed E-state index contributed by atoms with van der Waals surface area (Å²) in [6.45, 7) is 2.04. The summed E-state index contributed by atoms with van der Waals surface area (Å²) in [5, 5.41) is 14.0. The molecule has 0 amide bonds. The van der Waals surface area contributed by atoms with Crippen LogP contribution in [0.1, 0.15) is 42.9 Å². The number of aromatic nitrogens is 4. The van der Waals surface area contributed by atoms with Gasteiger partial charge in [0.25, 0.3) is 5.56 Å². The van der Waals surface area contributed by atoms with E-state index in [1.54, 1.807) is 6.20 Å². The number of hydrogen-bond acceptors (Lipinski definition) is 4. The maximum absolute atomic E-state index is 12.5. The SMILES string of the molecule is Cn1cc(CNCCn2ncc3ccccc3c2=O)c(C2CCCC2)n1. The Morgan fingerprint density at radius 1 is 1.23 bits per heavy atom. The summed E-state index contributed by atoms with van der Waals surface area (Å²) in [6.07, 6.45) is 8.99. The van der Waals surface area contributed by atoms with Gasteiger partial charge in [0.15, 0.2) is 0 Å². The molecule has 4 rings (SSSR count). The Morgan fingerprint density at radius 3 is 2.88 bits per heavy atom. The second kappa shape index (κ2) is 7.41. The van der Waals surface area contributed by atoms with E-state index >= 15 is 0 Å². The minimum absolute atomic E-state index is 0.0297. The molecule has 6 heteroatoms. The van der Waals surface area contributed by atoms with E-state index in [2.05, 4.69) is 21.7 Å². The second-order valence-electron chi connectivity index (χ2n) is 7.13. The maximum atomic E-state index is 12.5. The molecule has 0 unspecified atom stereocenters. The molecular formula is C20H25N5O. The third kappa shape index (κ3) is 3.42. The second-order valence-corrected chi connectivity index (χ2v) is 7.13. The summed E-state index contributed by atoms with van der Waals surface area (Å²) < 4.78 is 3.45. The number of hydrogen-bond donors (Lipinski definition) is 1. The zero-order chi connectivity index (χ0) is 17.9. The Kier molecular flexibility index (Phi) is 4.84. The minimum atomic E-state index is -0.0297. The normalized spacial score (nSPS) is 15.1. The lowest BCUT2D eigenvalue weighted by molar-refractivity contribution is 0.533. The molecule has 0 spiro atoms. The highest BCUT2D eigenvalue weighted by Crippen LogP contribution is 2.34. The number of aryl methyl sites for hydroxylation is 1. The van der Waals surface area contributed by atoms with Crippen molar-refractivity contribution < 1.29 is 0 Å². The van der Waals surface area contributed by atoms with E-state index in [4.69, 9.17) is 0 Å². The van der Waals surface area contributed by atoms with Gasteiger partial charge in [0, 0.05) is 43.2 Å². The monoisotopic (exact) mass is 351 g/mol. The van der Waals surface area contributed by atoms with Gasteiger partial charge in [0.2, 0.25) is 0 Å². The van der Waals surface area contributed by atoms with Crippen molar-refractivity contribution >= 4 is 10.8 Å². The van der Waals surface area contributed by atoms with Gasteiger partial charge < -0.3 is 5.32 Å². The lowest BCUT2D eigenvalue weighted by Gasteiger charge is -2.10.